The predicted molar refractivity (Wildman–Crippen MR) is 76.4 cm³/mol. The quantitative estimate of drug-likeness (QED) is 0.892. The SMILES string of the molecule is CCn1ccc(=O)c2cc(F)c(N3CCC(N)C3)nc21. The van der Waals surface area contributed by atoms with Crippen molar-refractivity contribution >= 4 is 16.9 Å². The highest BCUT2D eigenvalue weighted by Gasteiger charge is 2.24. The van der Waals surface area contributed by atoms with E-state index in [0.717, 1.165) is 6.42 Å². The minimum Gasteiger partial charge on any atom is -0.353 e. The summed E-state index contributed by atoms with van der Waals surface area (Å²) in [6, 6.07) is 2.78. The van der Waals surface area contributed by atoms with E-state index < -0.39 is 5.82 Å². The molecule has 1 atom stereocenters. The molecule has 1 saturated heterocycles. The predicted octanol–water partition coefficient (Wildman–Crippen LogP) is 1.09. The van der Waals surface area contributed by atoms with Gasteiger partial charge >= 0.3 is 0 Å². The highest BCUT2D eigenvalue weighted by atomic mass is 19.1. The van der Waals surface area contributed by atoms with Crippen molar-refractivity contribution in [3.05, 3.63) is 34.4 Å². The zero-order valence-corrected chi connectivity index (χ0v) is 11.3. The molecule has 0 aliphatic carbocycles. The van der Waals surface area contributed by atoms with E-state index in [9.17, 15) is 9.18 Å². The van der Waals surface area contributed by atoms with Crippen molar-refractivity contribution in [3.63, 3.8) is 0 Å². The number of nitrogens with two attached hydrogens (primary N) is 1. The van der Waals surface area contributed by atoms with E-state index in [2.05, 4.69) is 4.98 Å². The number of halogens is 1. The Balaban J connectivity index is 2.19. The van der Waals surface area contributed by atoms with E-state index in [1.54, 1.807) is 6.20 Å². The van der Waals surface area contributed by atoms with Crippen molar-refractivity contribution < 1.29 is 4.39 Å². The van der Waals surface area contributed by atoms with Crippen molar-refractivity contribution in [2.45, 2.75) is 25.9 Å². The maximum atomic E-state index is 14.2. The monoisotopic (exact) mass is 276 g/mol. The number of rotatable bonds is 2. The van der Waals surface area contributed by atoms with E-state index >= 15 is 0 Å². The van der Waals surface area contributed by atoms with Gasteiger partial charge in [-0.05, 0) is 19.4 Å². The van der Waals surface area contributed by atoms with E-state index in [0.29, 0.717) is 36.5 Å². The molecule has 0 radical (unpaired) electrons. The van der Waals surface area contributed by atoms with Gasteiger partial charge in [0.25, 0.3) is 0 Å². The second kappa shape index (κ2) is 4.86. The van der Waals surface area contributed by atoms with Crippen LogP contribution >= 0.6 is 0 Å². The lowest BCUT2D eigenvalue weighted by molar-refractivity contribution is 0.616. The number of aryl methyl sites for hydroxylation is 1. The number of hydrogen-bond donors (Lipinski definition) is 1. The van der Waals surface area contributed by atoms with Crippen LogP contribution < -0.4 is 16.1 Å². The van der Waals surface area contributed by atoms with Crippen molar-refractivity contribution in [1.29, 1.82) is 0 Å². The van der Waals surface area contributed by atoms with Gasteiger partial charge in [0.2, 0.25) is 0 Å². The molecule has 2 aromatic heterocycles. The minimum absolute atomic E-state index is 0.0519. The number of pyridine rings is 2. The summed E-state index contributed by atoms with van der Waals surface area (Å²) < 4.78 is 16.1. The van der Waals surface area contributed by atoms with Gasteiger partial charge in [0.15, 0.2) is 17.1 Å². The number of hydrogen-bond acceptors (Lipinski definition) is 4. The van der Waals surface area contributed by atoms with Crippen LogP contribution in [-0.2, 0) is 6.54 Å². The Morgan fingerprint density at radius 2 is 2.35 bits per heavy atom. The van der Waals surface area contributed by atoms with E-state index in [4.69, 9.17) is 5.73 Å². The highest BCUT2D eigenvalue weighted by Crippen LogP contribution is 2.23. The molecule has 0 bridgehead atoms. The van der Waals surface area contributed by atoms with Gasteiger partial charge in [0.1, 0.15) is 5.65 Å². The fourth-order valence-corrected chi connectivity index (χ4v) is 2.64. The molecule has 0 spiro atoms. The van der Waals surface area contributed by atoms with E-state index in [1.165, 1.54) is 12.1 Å². The van der Waals surface area contributed by atoms with Crippen LogP contribution in [0.1, 0.15) is 13.3 Å². The summed E-state index contributed by atoms with van der Waals surface area (Å²) >= 11 is 0. The average Bonchev–Trinajstić information content (AvgIpc) is 2.86. The Morgan fingerprint density at radius 3 is 3.00 bits per heavy atom. The summed E-state index contributed by atoms with van der Waals surface area (Å²) in [4.78, 5) is 18.1. The molecule has 106 valence electrons. The average molecular weight is 276 g/mol. The van der Waals surface area contributed by atoms with Gasteiger partial charge in [-0.25, -0.2) is 9.37 Å². The van der Waals surface area contributed by atoms with Crippen LogP contribution in [0.15, 0.2) is 23.1 Å². The Bertz CT molecular complexity index is 712. The largest absolute Gasteiger partial charge is 0.353 e. The summed E-state index contributed by atoms with van der Waals surface area (Å²) in [6.45, 7) is 3.92. The fraction of sp³-hybridized carbons (Fsp3) is 0.429. The zero-order chi connectivity index (χ0) is 14.3. The number of aromatic nitrogens is 2. The van der Waals surface area contributed by atoms with Gasteiger partial charge in [-0.2, -0.15) is 0 Å². The van der Waals surface area contributed by atoms with Crippen LogP contribution in [0.5, 0.6) is 0 Å². The molecule has 0 saturated carbocycles. The van der Waals surface area contributed by atoms with Crippen LogP contribution in [0, 0.1) is 5.82 Å². The Kier molecular flexibility index (Phi) is 3.17. The van der Waals surface area contributed by atoms with Crippen LogP contribution in [0.2, 0.25) is 0 Å². The van der Waals surface area contributed by atoms with E-state index in [1.807, 2.05) is 16.4 Å². The molecule has 1 aliphatic rings. The first-order valence-electron chi connectivity index (χ1n) is 6.80. The molecule has 3 rings (SSSR count). The third kappa shape index (κ3) is 2.06. The third-order valence-corrected chi connectivity index (χ3v) is 3.75. The maximum Gasteiger partial charge on any atom is 0.191 e. The molecule has 5 nitrogen and oxygen atoms in total. The molecule has 6 heteroatoms. The third-order valence-electron chi connectivity index (χ3n) is 3.75. The Labute approximate surface area is 115 Å². The molecular formula is C14H17FN4O. The lowest BCUT2D eigenvalue weighted by Gasteiger charge is -2.18. The van der Waals surface area contributed by atoms with Crippen LogP contribution in [0.25, 0.3) is 11.0 Å². The van der Waals surface area contributed by atoms with Gasteiger partial charge < -0.3 is 15.2 Å². The number of fused-ring (bicyclic) bond motifs is 1. The van der Waals surface area contributed by atoms with Crippen molar-refractivity contribution in [3.8, 4) is 0 Å². The summed E-state index contributed by atoms with van der Waals surface area (Å²) in [5.41, 5.74) is 6.18. The summed E-state index contributed by atoms with van der Waals surface area (Å²) in [5.74, 6) is -0.171. The molecule has 2 aromatic rings. The van der Waals surface area contributed by atoms with Crippen molar-refractivity contribution in [2.75, 3.05) is 18.0 Å². The molecule has 0 amide bonds. The second-order valence-corrected chi connectivity index (χ2v) is 5.13. The molecule has 1 aliphatic heterocycles. The minimum atomic E-state index is -0.461. The summed E-state index contributed by atoms with van der Waals surface area (Å²) in [7, 11) is 0. The molecule has 1 unspecified atom stereocenters. The van der Waals surface area contributed by atoms with Crippen LogP contribution in [-0.4, -0.2) is 28.7 Å². The molecule has 0 aromatic carbocycles. The first kappa shape index (κ1) is 13.1. The fourth-order valence-electron chi connectivity index (χ4n) is 2.64. The first-order chi connectivity index (χ1) is 9.60. The second-order valence-electron chi connectivity index (χ2n) is 5.13. The Hall–Kier alpha value is -1.95. The highest BCUT2D eigenvalue weighted by molar-refractivity contribution is 5.77. The van der Waals surface area contributed by atoms with E-state index in [-0.39, 0.29) is 11.5 Å². The number of anilines is 1. The van der Waals surface area contributed by atoms with Gasteiger partial charge in [-0.3, -0.25) is 4.79 Å². The molecule has 2 N–H and O–H groups in total. The maximum absolute atomic E-state index is 14.2. The standard InChI is InChI=1S/C14H17FN4O/c1-2-18-6-4-12(20)10-7-11(15)14(17-13(10)18)19-5-3-9(16)8-19/h4,6-7,9H,2-3,5,8,16H2,1H3. The van der Waals surface area contributed by atoms with Gasteiger partial charge in [0, 0.05) is 37.9 Å². The lowest BCUT2D eigenvalue weighted by Crippen LogP contribution is -2.28. The summed E-state index contributed by atoms with van der Waals surface area (Å²) in [6.07, 6.45) is 2.52. The van der Waals surface area contributed by atoms with Crippen LogP contribution in [0.3, 0.4) is 0 Å². The summed E-state index contributed by atoms with van der Waals surface area (Å²) in [5, 5.41) is 0.319. The topological polar surface area (TPSA) is 64.2 Å². The van der Waals surface area contributed by atoms with Crippen LogP contribution in [0.4, 0.5) is 10.2 Å². The molecule has 20 heavy (non-hydrogen) atoms. The van der Waals surface area contributed by atoms with Gasteiger partial charge in [-0.1, -0.05) is 0 Å². The molecule has 3 heterocycles. The first-order valence-corrected chi connectivity index (χ1v) is 6.80. The number of nitrogens with zero attached hydrogens (tertiary/aromatic N) is 3. The smallest absolute Gasteiger partial charge is 0.191 e. The van der Waals surface area contributed by atoms with Crippen molar-refractivity contribution in [1.82, 2.24) is 9.55 Å². The normalized spacial score (nSPS) is 18.9. The van der Waals surface area contributed by atoms with Crippen molar-refractivity contribution in [2.24, 2.45) is 5.73 Å². The Morgan fingerprint density at radius 1 is 1.55 bits per heavy atom. The molecular weight excluding hydrogens is 259 g/mol. The lowest BCUT2D eigenvalue weighted by atomic mass is 10.2. The van der Waals surface area contributed by atoms with Gasteiger partial charge in [-0.15, -0.1) is 0 Å². The zero-order valence-electron chi connectivity index (χ0n) is 11.3. The molecule has 1 fully saturated rings. The van der Waals surface area contributed by atoms with Gasteiger partial charge in [0.05, 0.1) is 5.39 Å².